The monoisotopic (exact) mass is 291 g/mol. The fraction of sp³-hybridized carbons (Fsp3) is 0.417. The molecule has 1 aromatic rings. The molecule has 0 saturated carbocycles. The predicted molar refractivity (Wildman–Crippen MR) is 71.5 cm³/mol. The number of halogens is 3. The van der Waals surface area contributed by atoms with E-state index in [0.717, 1.165) is 31.3 Å². The lowest BCUT2D eigenvalue weighted by Gasteiger charge is -2.35. The average molecular weight is 292 g/mol. The van der Waals surface area contributed by atoms with Crippen LogP contribution in [0.5, 0.6) is 0 Å². The van der Waals surface area contributed by atoms with Crippen molar-refractivity contribution >= 4 is 24.0 Å². The molecule has 0 aromatic heterocycles. The molecule has 4 nitrogen and oxygen atoms in total. The number of benzene rings is 1. The van der Waals surface area contributed by atoms with Gasteiger partial charge in [0.2, 0.25) is 5.91 Å². The first kappa shape index (κ1) is 15.8. The lowest BCUT2D eigenvalue weighted by atomic mass is 10.1. The highest BCUT2D eigenvalue weighted by Crippen LogP contribution is 2.13. The summed E-state index contributed by atoms with van der Waals surface area (Å²) in [5.41, 5.74) is 0.137. The van der Waals surface area contributed by atoms with Crippen LogP contribution in [0, 0.1) is 11.6 Å². The molecule has 1 aliphatic heterocycles. The minimum Gasteiger partial charge on any atom is -0.325 e. The van der Waals surface area contributed by atoms with Gasteiger partial charge in [-0.1, -0.05) is 0 Å². The first-order valence-electron chi connectivity index (χ1n) is 5.71. The smallest absolute Gasteiger partial charge is 0.238 e. The van der Waals surface area contributed by atoms with Gasteiger partial charge in [-0.2, -0.15) is 0 Å². The number of hydrogen-bond acceptors (Lipinski definition) is 3. The standard InChI is InChI=1S/C12H15F2N3O.ClH/c1-17(11-5-15-6-11)7-12(18)16-10-3-8(13)2-9(14)4-10;/h2-4,11,15H,5-7H2,1H3,(H,16,18);1H. The van der Waals surface area contributed by atoms with Crippen molar-refractivity contribution in [3.63, 3.8) is 0 Å². The van der Waals surface area contributed by atoms with Gasteiger partial charge in [-0.05, 0) is 19.2 Å². The molecule has 7 heteroatoms. The summed E-state index contributed by atoms with van der Waals surface area (Å²) in [7, 11) is 1.84. The van der Waals surface area contributed by atoms with Gasteiger partial charge in [0.15, 0.2) is 0 Å². The number of rotatable bonds is 4. The molecule has 0 aliphatic carbocycles. The topological polar surface area (TPSA) is 44.4 Å². The summed E-state index contributed by atoms with van der Waals surface area (Å²) in [5.74, 6) is -1.70. The lowest BCUT2D eigenvalue weighted by Crippen LogP contribution is -2.57. The van der Waals surface area contributed by atoms with Crippen LogP contribution in [0.25, 0.3) is 0 Å². The molecule has 0 bridgehead atoms. The molecule has 0 spiro atoms. The maximum atomic E-state index is 12.9. The minimum absolute atomic E-state index is 0. The Balaban J connectivity index is 0.00000180. The number of anilines is 1. The van der Waals surface area contributed by atoms with Crippen LogP contribution < -0.4 is 10.6 Å². The van der Waals surface area contributed by atoms with E-state index in [1.807, 2.05) is 11.9 Å². The Morgan fingerprint density at radius 3 is 2.42 bits per heavy atom. The highest BCUT2D eigenvalue weighted by atomic mass is 35.5. The summed E-state index contributed by atoms with van der Waals surface area (Å²) < 4.78 is 25.8. The summed E-state index contributed by atoms with van der Waals surface area (Å²) >= 11 is 0. The van der Waals surface area contributed by atoms with Gasteiger partial charge in [-0.3, -0.25) is 9.69 Å². The van der Waals surface area contributed by atoms with Crippen molar-refractivity contribution < 1.29 is 13.6 Å². The zero-order valence-corrected chi connectivity index (χ0v) is 11.3. The Morgan fingerprint density at radius 2 is 1.95 bits per heavy atom. The second kappa shape index (κ2) is 6.79. The second-order valence-corrected chi connectivity index (χ2v) is 4.43. The number of carbonyl (C=O) groups excluding carboxylic acids is 1. The summed E-state index contributed by atoms with van der Waals surface area (Å²) in [6.07, 6.45) is 0. The van der Waals surface area contributed by atoms with E-state index in [-0.39, 0.29) is 30.5 Å². The van der Waals surface area contributed by atoms with Gasteiger partial charge in [0.05, 0.1) is 6.54 Å². The molecule has 0 atom stereocenters. The summed E-state index contributed by atoms with van der Waals surface area (Å²) in [6, 6.07) is 3.29. The Labute approximate surface area is 116 Å². The third kappa shape index (κ3) is 4.41. The Hall–Kier alpha value is -1.24. The van der Waals surface area contributed by atoms with Crippen LogP contribution in [0.4, 0.5) is 14.5 Å². The zero-order chi connectivity index (χ0) is 13.1. The van der Waals surface area contributed by atoms with E-state index in [1.54, 1.807) is 0 Å². The molecular weight excluding hydrogens is 276 g/mol. The molecule has 1 amide bonds. The normalized spacial score (nSPS) is 14.7. The van der Waals surface area contributed by atoms with Gasteiger partial charge in [-0.15, -0.1) is 12.4 Å². The number of carbonyl (C=O) groups is 1. The molecule has 19 heavy (non-hydrogen) atoms. The van der Waals surface area contributed by atoms with Crippen LogP contribution in [-0.4, -0.2) is 43.5 Å². The maximum absolute atomic E-state index is 12.9. The van der Waals surface area contributed by atoms with Crippen molar-refractivity contribution in [1.82, 2.24) is 10.2 Å². The van der Waals surface area contributed by atoms with Crippen molar-refractivity contribution in [2.24, 2.45) is 0 Å². The molecule has 1 heterocycles. The molecule has 2 rings (SSSR count). The number of amides is 1. The van der Waals surface area contributed by atoms with Crippen molar-refractivity contribution in [3.8, 4) is 0 Å². The zero-order valence-electron chi connectivity index (χ0n) is 10.5. The van der Waals surface area contributed by atoms with E-state index in [9.17, 15) is 13.6 Å². The highest BCUT2D eigenvalue weighted by Gasteiger charge is 2.22. The molecule has 1 saturated heterocycles. The fourth-order valence-electron chi connectivity index (χ4n) is 1.77. The van der Waals surface area contributed by atoms with E-state index >= 15 is 0 Å². The molecule has 1 aliphatic rings. The molecule has 0 unspecified atom stereocenters. The lowest BCUT2D eigenvalue weighted by molar-refractivity contribution is -0.117. The number of likely N-dealkylation sites (N-methyl/N-ethyl adjacent to an activating group) is 1. The van der Waals surface area contributed by atoms with Crippen LogP contribution in [0.15, 0.2) is 18.2 Å². The first-order chi connectivity index (χ1) is 8.54. The van der Waals surface area contributed by atoms with E-state index < -0.39 is 11.6 Å². The molecule has 2 N–H and O–H groups in total. The van der Waals surface area contributed by atoms with Gasteiger partial charge in [0.1, 0.15) is 11.6 Å². The number of nitrogens with one attached hydrogen (secondary N) is 2. The van der Waals surface area contributed by atoms with Crippen LogP contribution in [-0.2, 0) is 4.79 Å². The van der Waals surface area contributed by atoms with Gasteiger partial charge in [0.25, 0.3) is 0 Å². The van der Waals surface area contributed by atoms with Gasteiger partial charge in [0, 0.05) is 30.9 Å². The van der Waals surface area contributed by atoms with Crippen molar-refractivity contribution in [2.75, 3.05) is 32.0 Å². The quantitative estimate of drug-likeness (QED) is 0.877. The second-order valence-electron chi connectivity index (χ2n) is 4.43. The highest BCUT2D eigenvalue weighted by molar-refractivity contribution is 5.92. The first-order valence-corrected chi connectivity index (χ1v) is 5.71. The van der Waals surface area contributed by atoms with Crippen molar-refractivity contribution in [2.45, 2.75) is 6.04 Å². The van der Waals surface area contributed by atoms with E-state index in [1.165, 1.54) is 0 Å². The third-order valence-corrected chi connectivity index (χ3v) is 2.92. The molecule has 1 fully saturated rings. The Bertz CT molecular complexity index is 434. The van der Waals surface area contributed by atoms with E-state index in [2.05, 4.69) is 10.6 Å². The van der Waals surface area contributed by atoms with Gasteiger partial charge in [-0.25, -0.2) is 8.78 Å². The summed E-state index contributed by atoms with van der Waals surface area (Å²) in [6.45, 7) is 1.92. The van der Waals surface area contributed by atoms with Crippen LogP contribution in [0.1, 0.15) is 0 Å². The van der Waals surface area contributed by atoms with Gasteiger partial charge >= 0.3 is 0 Å². The molecule has 0 radical (unpaired) electrons. The van der Waals surface area contributed by atoms with Crippen LogP contribution in [0.3, 0.4) is 0 Å². The number of hydrogen-bond donors (Lipinski definition) is 2. The van der Waals surface area contributed by atoms with Crippen molar-refractivity contribution in [3.05, 3.63) is 29.8 Å². The third-order valence-electron chi connectivity index (χ3n) is 2.92. The molecule has 1 aromatic carbocycles. The Kier molecular flexibility index (Phi) is 5.65. The maximum Gasteiger partial charge on any atom is 0.238 e. The molecule has 106 valence electrons. The Morgan fingerprint density at radius 1 is 1.37 bits per heavy atom. The van der Waals surface area contributed by atoms with E-state index in [4.69, 9.17) is 0 Å². The minimum atomic E-state index is -0.707. The van der Waals surface area contributed by atoms with Crippen LogP contribution in [0.2, 0.25) is 0 Å². The molecular formula is C12H16ClF2N3O. The van der Waals surface area contributed by atoms with Gasteiger partial charge < -0.3 is 10.6 Å². The predicted octanol–water partition coefficient (Wildman–Crippen LogP) is 1.23. The van der Waals surface area contributed by atoms with E-state index in [0.29, 0.717) is 6.04 Å². The SMILES string of the molecule is CN(CC(=O)Nc1cc(F)cc(F)c1)C1CNC1.Cl. The number of nitrogens with zero attached hydrogens (tertiary/aromatic N) is 1. The summed E-state index contributed by atoms with van der Waals surface area (Å²) in [5, 5.41) is 5.58. The van der Waals surface area contributed by atoms with Crippen LogP contribution >= 0.6 is 12.4 Å². The summed E-state index contributed by atoms with van der Waals surface area (Å²) in [4.78, 5) is 13.6. The largest absolute Gasteiger partial charge is 0.325 e. The van der Waals surface area contributed by atoms with Crippen molar-refractivity contribution in [1.29, 1.82) is 0 Å². The fourth-order valence-corrected chi connectivity index (χ4v) is 1.77. The average Bonchev–Trinajstić information content (AvgIpc) is 2.11.